The van der Waals surface area contributed by atoms with Crippen LogP contribution in [0.15, 0.2) is 70.9 Å². The Labute approximate surface area is 326 Å². The number of hydrazone groups is 2. The van der Waals surface area contributed by atoms with Gasteiger partial charge in [-0.25, -0.2) is 21.4 Å². The fourth-order valence-electron chi connectivity index (χ4n) is 5.44. The van der Waals surface area contributed by atoms with Gasteiger partial charge in [0.2, 0.25) is 23.6 Å². The number of ether oxygens (including phenoxy) is 4. The molecular formula is C40H52N6O10. The number of anilines is 1. The lowest BCUT2D eigenvalue weighted by atomic mass is 10.1. The Hall–Kier alpha value is -6.00. The molecule has 56 heavy (non-hydrogen) atoms. The molecule has 302 valence electrons. The molecule has 0 aliphatic rings. The Balaban J connectivity index is 1.44. The molecular weight excluding hydrogens is 724 g/mol. The highest BCUT2D eigenvalue weighted by molar-refractivity contribution is 5.93. The summed E-state index contributed by atoms with van der Waals surface area (Å²) in [6.07, 6.45) is 8.24. The van der Waals surface area contributed by atoms with Crippen LogP contribution in [0.3, 0.4) is 0 Å². The molecule has 0 aliphatic heterocycles. The van der Waals surface area contributed by atoms with Gasteiger partial charge in [-0.3, -0.25) is 29.6 Å². The number of unbranched alkanes of at least 4 members (excludes halogenated alkanes) is 6. The summed E-state index contributed by atoms with van der Waals surface area (Å²) in [5, 5.41) is 26.2. The molecule has 0 atom stereocenters. The topological polar surface area (TPSA) is 210 Å². The maximum atomic E-state index is 12.9. The molecule has 16 nitrogen and oxygen atoms in total. The highest BCUT2D eigenvalue weighted by Gasteiger charge is 2.17. The van der Waals surface area contributed by atoms with Gasteiger partial charge in [0.25, 0.3) is 0 Å². The molecule has 0 saturated heterocycles. The molecule has 0 spiro atoms. The van der Waals surface area contributed by atoms with Gasteiger partial charge in [-0.1, -0.05) is 49.9 Å². The van der Waals surface area contributed by atoms with E-state index in [0.29, 0.717) is 73.0 Å². The number of hydroxylamine groups is 2. The second-order valence-electron chi connectivity index (χ2n) is 12.7. The van der Waals surface area contributed by atoms with Crippen LogP contribution in [0, 0.1) is 0 Å². The van der Waals surface area contributed by atoms with Crippen LogP contribution in [-0.4, -0.2) is 61.2 Å². The molecule has 3 rings (SSSR count). The first-order chi connectivity index (χ1) is 27.2. The van der Waals surface area contributed by atoms with Crippen molar-refractivity contribution in [3.63, 3.8) is 0 Å². The average Bonchev–Trinajstić information content (AvgIpc) is 3.22. The summed E-state index contributed by atoms with van der Waals surface area (Å²) in [7, 11) is 3.06. The lowest BCUT2D eigenvalue weighted by Gasteiger charge is -2.19. The first-order valence-electron chi connectivity index (χ1n) is 18.4. The highest BCUT2D eigenvalue weighted by Crippen LogP contribution is 2.33. The monoisotopic (exact) mass is 776 g/mol. The predicted octanol–water partition coefficient (Wildman–Crippen LogP) is 5.95. The van der Waals surface area contributed by atoms with Crippen LogP contribution in [0.5, 0.6) is 23.0 Å². The Morgan fingerprint density at radius 2 is 1.12 bits per heavy atom. The fourth-order valence-corrected chi connectivity index (χ4v) is 5.44. The number of benzene rings is 3. The molecule has 0 heterocycles. The largest absolute Gasteiger partial charge is 0.493 e. The number of carbonyl (C=O) groups excluding carboxylic acids is 4. The van der Waals surface area contributed by atoms with Gasteiger partial charge in [-0.15, -0.1) is 0 Å². The van der Waals surface area contributed by atoms with Gasteiger partial charge >= 0.3 is 0 Å². The molecule has 4 amide bonds. The SMILES string of the molecule is C=NN(C(=O)CCCCCCC(=O)NO)c1ccc(OCc2ccc(COc3ccc(/C=N/NC(=O)CCCCCCC(=O)NO)cc3OC)cc2)c(OC)c1. The van der Waals surface area contributed by atoms with Gasteiger partial charge in [0.05, 0.1) is 26.1 Å². The number of nitrogens with zero attached hydrogens (tertiary/aromatic N) is 3. The van der Waals surface area contributed by atoms with Crippen molar-refractivity contribution in [1.82, 2.24) is 16.4 Å². The molecule has 0 radical (unpaired) electrons. The number of hydrogen-bond acceptors (Lipinski definition) is 12. The van der Waals surface area contributed by atoms with Crippen LogP contribution in [-0.2, 0) is 32.4 Å². The van der Waals surface area contributed by atoms with E-state index in [9.17, 15) is 19.2 Å². The maximum absolute atomic E-state index is 12.9. The second kappa shape index (κ2) is 25.1. The molecule has 0 fully saturated rings. The van der Waals surface area contributed by atoms with Gasteiger partial charge in [0, 0.05) is 38.5 Å². The quantitative estimate of drug-likeness (QED) is 0.0280. The summed E-state index contributed by atoms with van der Waals surface area (Å²) in [5.41, 5.74) is 8.78. The summed E-state index contributed by atoms with van der Waals surface area (Å²) in [6, 6.07) is 18.2. The van der Waals surface area contributed by atoms with Gasteiger partial charge in [0.1, 0.15) is 13.2 Å². The molecule has 0 saturated carbocycles. The Morgan fingerprint density at radius 1 is 0.643 bits per heavy atom. The predicted molar refractivity (Wildman–Crippen MR) is 209 cm³/mol. The number of amides is 4. The van der Waals surface area contributed by atoms with Crippen molar-refractivity contribution in [2.45, 2.75) is 90.3 Å². The molecule has 0 aromatic heterocycles. The van der Waals surface area contributed by atoms with Gasteiger partial charge in [-0.05, 0) is 72.7 Å². The summed E-state index contributed by atoms with van der Waals surface area (Å²) in [5.74, 6) is 0.711. The number of carbonyl (C=O) groups is 4. The van der Waals surface area contributed by atoms with Gasteiger partial charge in [-0.2, -0.15) is 10.2 Å². The van der Waals surface area contributed by atoms with E-state index < -0.39 is 11.8 Å². The van der Waals surface area contributed by atoms with Crippen molar-refractivity contribution >= 4 is 42.2 Å². The smallest absolute Gasteiger partial charge is 0.247 e. The minimum absolute atomic E-state index is 0.207. The zero-order valence-corrected chi connectivity index (χ0v) is 32.0. The minimum Gasteiger partial charge on any atom is -0.493 e. The van der Waals surface area contributed by atoms with Crippen LogP contribution in [0.1, 0.15) is 93.7 Å². The van der Waals surface area contributed by atoms with Crippen molar-refractivity contribution in [1.29, 1.82) is 0 Å². The molecule has 3 aromatic rings. The fraction of sp³-hybridized carbons (Fsp3) is 0.400. The normalized spacial score (nSPS) is 10.7. The third-order valence-corrected chi connectivity index (χ3v) is 8.52. The number of nitrogens with one attached hydrogen (secondary N) is 3. The Bertz CT molecular complexity index is 1750. The highest BCUT2D eigenvalue weighted by atomic mass is 16.5. The van der Waals surface area contributed by atoms with Crippen LogP contribution < -0.4 is 40.3 Å². The first-order valence-corrected chi connectivity index (χ1v) is 18.4. The van der Waals surface area contributed by atoms with Crippen molar-refractivity contribution in [3.8, 4) is 23.0 Å². The maximum Gasteiger partial charge on any atom is 0.247 e. The molecule has 16 heteroatoms. The number of hydrogen-bond donors (Lipinski definition) is 5. The molecule has 3 aromatic carbocycles. The van der Waals surface area contributed by atoms with E-state index in [2.05, 4.69) is 22.3 Å². The van der Waals surface area contributed by atoms with Gasteiger partial charge in [0.15, 0.2) is 23.0 Å². The number of methoxy groups -OCH3 is 2. The standard InChI is InChI=1S/C40H52N6O10/c1-41-46(40(50)15-11-7-6-10-14-39(49)45-52)32-21-23-34(36(25-32)54-3)56-28-30-18-16-29(17-19-30)27-55-33-22-20-31(24-35(33)53-2)26-42-43-37(47)12-8-4-5-9-13-38(48)44-51/h16-26,51-52H,1,4-15,27-28H2,2-3H3,(H,43,47)(H,44,48)(H,45,49)/b42-26+. The van der Waals surface area contributed by atoms with E-state index >= 15 is 0 Å². The third kappa shape index (κ3) is 15.8. The van der Waals surface area contributed by atoms with Gasteiger partial charge < -0.3 is 18.9 Å². The van der Waals surface area contributed by atoms with Crippen molar-refractivity contribution < 1.29 is 48.5 Å². The summed E-state index contributed by atoms with van der Waals surface area (Å²) in [6.45, 7) is 4.11. The van der Waals surface area contributed by atoms with Crippen LogP contribution in [0.25, 0.3) is 0 Å². The molecule has 5 N–H and O–H groups in total. The van der Waals surface area contributed by atoms with E-state index in [1.165, 1.54) is 18.3 Å². The third-order valence-electron chi connectivity index (χ3n) is 8.52. The molecule has 0 unspecified atom stereocenters. The van der Waals surface area contributed by atoms with Crippen LogP contribution in [0.2, 0.25) is 0 Å². The first kappa shape index (κ1) is 44.4. The minimum atomic E-state index is -0.424. The average molecular weight is 777 g/mol. The van der Waals surface area contributed by atoms with Crippen LogP contribution in [0.4, 0.5) is 5.69 Å². The lowest BCUT2D eigenvalue weighted by Crippen LogP contribution is -2.24. The Kier molecular flexibility index (Phi) is 19.9. The summed E-state index contributed by atoms with van der Waals surface area (Å²) >= 11 is 0. The zero-order valence-electron chi connectivity index (χ0n) is 32.0. The summed E-state index contributed by atoms with van der Waals surface area (Å²) in [4.78, 5) is 47.1. The van der Waals surface area contributed by atoms with Crippen LogP contribution >= 0.6 is 0 Å². The summed E-state index contributed by atoms with van der Waals surface area (Å²) < 4.78 is 23.1. The number of rotatable bonds is 26. The van der Waals surface area contributed by atoms with Crippen molar-refractivity contribution in [2.24, 2.45) is 10.2 Å². The van der Waals surface area contributed by atoms with E-state index in [1.54, 1.807) is 54.5 Å². The van der Waals surface area contributed by atoms with E-state index in [-0.39, 0.29) is 37.7 Å². The van der Waals surface area contributed by atoms with Crippen molar-refractivity contribution in [3.05, 3.63) is 77.4 Å². The molecule has 0 aliphatic carbocycles. The second-order valence-corrected chi connectivity index (χ2v) is 12.7. The lowest BCUT2D eigenvalue weighted by molar-refractivity contribution is -0.130. The zero-order chi connectivity index (χ0) is 40.5. The van der Waals surface area contributed by atoms with Crippen molar-refractivity contribution in [2.75, 3.05) is 19.2 Å². The molecule has 0 bridgehead atoms. The van der Waals surface area contributed by atoms with E-state index in [1.807, 2.05) is 24.3 Å². The van der Waals surface area contributed by atoms with E-state index in [4.69, 9.17) is 29.4 Å². The van der Waals surface area contributed by atoms with E-state index in [0.717, 1.165) is 36.8 Å². The Morgan fingerprint density at radius 3 is 1.62 bits per heavy atom.